The Hall–Kier alpha value is -4.58. The van der Waals surface area contributed by atoms with Gasteiger partial charge in [0.2, 0.25) is 11.9 Å². The van der Waals surface area contributed by atoms with E-state index in [0.717, 1.165) is 6.42 Å². The summed E-state index contributed by atoms with van der Waals surface area (Å²) in [7, 11) is 1.51. The minimum Gasteiger partial charge on any atom is -0.494 e. The first-order valence-electron chi connectivity index (χ1n) is 13.1. The van der Waals surface area contributed by atoms with Crippen LogP contribution in [0.15, 0.2) is 48.7 Å². The molecule has 0 aliphatic carbocycles. The molecule has 0 spiro atoms. The highest BCUT2D eigenvalue weighted by atomic mass is 35.5. The molecule has 3 amide bonds. The van der Waals surface area contributed by atoms with Crippen LogP contribution < -0.4 is 26.0 Å². The van der Waals surface area contributed by atoms with E-state index in [-0.39, 0.29) is 34.8 Å². The highest BCUT2D eigenvalue weighted by Crippen LogP contribution is 2.32. The molecule has 3 aromatic rings. The van der Waals surface area contributed by atoms with Gasteiger partial charge in [0.05, 0.1) is 42.9 Å². The molecule has 1 fully saturated rings. The lowest BCUT2D eigenvalue weighted by Crippen LogP contribution is -2.44. The van der Waals surface area contributed by atoms with Crippen molar-refractivity contribution in [2.75, 3.05) is 48.1 Å². The average Bonchev–Trinajstić information content (AvgIpc) is 2.96. The van der Waals surface area contributed by atoms with E-state index in [1.807, 2.05) is 6.07 Å². The summed E-state index contributed by atoms with van der Waals surface area (Å²) in [4.78, 5) is 47.0. The number of likely N-dealkylation sites (tertiary alicyclic amines) is 1. The van der Waals surface area contributed by atoms with Gasteiger partial charge in [-0.3, -0.25) is 9.59 Å². The van der Waals surface area contributed by atoms with Crippen LogP contribution in [0.2, 0.25) is 5.02 Å². The Morgan fingerprint density at radius 1 is 1.07 bits per heavy atom. The number of carbonyl (C=O) groups excluding carboxylic acids is 3. The number of methoxy groups -OCH3 is 1. The molecule has 1 aliphatic rings. The minimum atomic E-state index is -0.326. The summed E-state index contributed by atoms with van der Waals surface area (Å²) in [6.07, 6.45) is 2.87. The number of rotatable bonds is 9. The molecule has 4 rings (SSSR count). The highest BCUT2D eigenvalue weighted by Gasteiger charge is 2.29. The summed E-state index contributed by atoms with van der Waals surface area (Å²) in [5.74, 6) is 0.193. The Morgan fingerprint density at radius 3 is 2.59 bits per heavy atom. The van der Waals surface area contributed by atoms with Gasteiger partial charge in [-0.1, -0.05) is 23.7 Å². The smallest absolute Gasteiger partial charge is 0.321 e. The van der Waals surface area contributed by atoms with Crippen LogP contribution in [0.25, 0.3) is 0 Å². The Bertz CT molecular complexity index is 1420. The van der Waals surface area contributed by atoms with Gasteiger partial charge in [0.25, 0.3) is 0 Å². The Morgan fingerprint density at radius 2 is 1.85 bits per heavy atom. The fraction of sp³-hybridized carbons (Fsp3) is 0.321. The van der Waals surface area contributed by atoms with Crippen LogP contribution in [0.5, 0.6) is 5.75 Å². The molecule has 13 heteroatoms. The van der Waals surface area contributed by atoms with Crippen LogP contribution in [0.4, 0.5) is 39.3 Å². The molecular formula is C28H32ClN7O5. The number of ether oxygens (including phenoxy) is 2. The van der Waals surface area contributed by atoms with E-state index >= 15 is 0 Å². The van der Waals surface area contributed by atoms with Crippen molar-refractivity contribution < 1.29 is 23.9 Å². The quantitative estimate of drug-likeness (QED) is 0.244. The van der Waals surface area contributed by atoms with E-state index in [1.54, 1.807) is 48.2 Å². The number of piperidine rings is 1. The fourth-order valence-electron chi connectivity index (χ4n) is 4.34. The molecular weight excluding hydrogens is 550 g/mol. The second-order valence-corrected chi connectivity index (χ2v) is 9.66. The molecule has 0 unspecified atom stereocenters. The third kappa shape index (κ3) is 7.76. The standard InChI is InChI=1S/C28H32ClN7O5/c1-4-41-26(38)18-8-7-13-36(16-18)28(39)32-19-11-12-23(24(14-19)40-3)34-27-30-15-20(29)25(35-27)33-22-10-6-5-9-21(22)31-17(2)37/h5-6,9-12,14-15,18H,4,7-8,13,16H2,1-3H3,(H,31,37)(H,32,39)(H2,30,33,34,35)/t18-/m1/s1. The predicted octanol–water partition coefficient (Wildman–Crippen LogP) is 5.39. The summed E-state index contributed by atoms with van der Waals surface area (Å²) in [6, 6.07) is 12.0. The Kier molecular flexibility index (Phi) is 9.80. The third-order valence-corrected chi connectivity index (χ3v) is 6.54. The van der Waals surface area contributed by atoms with Crippen molar-refractivity contribution in [3.63, 3.8) is 0 Å². The van der Waals surface area contributed by atoms with Crippen molar-refractivity contribution in [3.8, 4) is 5.75 Å². The van der Waals surface area contributed by atoms with E-state index in [0.29, 0.717) is 60.4 Å². The van der Waals surface area contributed by atoms with E-state index in [1.165, 1.54) is 20.2 Å². The number of nitrogens with zero attached hydrogens (tertiary/aromatic N) is 3. The average molecular weight is 582 g/mol. The highest BCUT2D eigenvalue weighted by molar-refractivity contribution is 6.33. The second kappa shape index (κ2) is 13.7. The lowest BCUT2D eigenvalue weighted by molar-refractivity contribution is -0.149. The maximum atomic E-state index is 12.9. The molecule has 12 nitrogen and oxygen atoms in total. The lowest BCUT2D eigenvalue weighted by Gasteiger charge is -2.31. The number of amides is 3. The number of urea groups is 1. The van der Waals surface area contributed by atoms with Gasteiger partial charge in [0.15, 0.2) is 5.82 Å². The van der Waals surface area contributed by atoms with Crippen molar-refractivity contribution in [1.29, 1.82) is 0 Å². The van der Waals surface area contributed by atoms with Gasteiger partial charge in [-0.2, -0.15) is 4.98 Å². The topological polar surface area (TPSA) is 147 Å². The first-order chi connectivity index (χ1) is 19.8. The zero-order valence-electron chi connectivity index (χ0n) is 23.0. The molecule has 1 saturated heterocycles. The van der Waals surface area contributed by atoms with Crippen LogP contribution >= 0.6 is 11.6 Å². The van der Waals surface area contributed by atoms with Crippen LogP contribution in [-0.2, 0) is 14.3 Å². The summed E-state index contributed by atoms with van der Waals surface area (Å²) in [6.45, 7) is 4.36. The molecule has 216 valence electrons. The lowest BCUT2D eigenvalue weighted by atomic mass is 9.98. The minimum absolute atomic E-state index is 0.209. The maximum Gasteiger partial charge on any atom is 0.321 e. The van der Waals surface area contributed by atoms with Crippen LogP contribution in [-0.4, -0.2) is 59.6 Å². The van der Waals surface area contributed by atoms with Crippen LogP contribution in [0.1, 0.15) is 26.7 Å². The molecule has 41 heavy (non-hydrogen) atoms. The van der Waals surface area contributed by atoms with Gasteiger partial charge < -0.3 is 35.6 Å². The van der Waals surface area contributed by atoms with E-state index in [9.17, 15) is 14.4 Å². The van der Waals surface area contributed by atoms with Gasteiger partial charge in [-0.05, 0) is 44.0 Å². The number of anilines is 6. The summed E-state index contributed by atoms with van der Waals surface area (Å²) in [5.41, 5.74) is 2.25. The van der Waals surface area contributed by atoms with Gasteiger partial charge in [-0.15, -0.1) is 0 Å². The fourth-order valence-corrected chi connectivity index (χ4v) is 4.48. The number of benzene rings is 2. The first-order valence-corrected chi connectivity index (χ1v) is 13.5. The van der Waals surface area contributed by atoms with E-state index in [4.69, 9.17) is 21.1 Å². The van der Waals surface area contributed by atoms with Gasteiger partial charge in [-0.25, -0.2) is 9.78 Å². The summed E-state index contributed by atoms with van der Waals surface area (Å²) in [5, 5.41) is 12.1. The van der Waals surface area contributed by atoms with E-state index < -0.39 is 0 Å². The number of carbonyl (C=O) groups is 3. The number of esters is 1. The predicted molar refractivity (Wildman–Crippen MR) is 157 cm³/mol. The van der Waals surface area contributed by atoms with Gasteiger partial charge >= 0.3 is 12.0 Å². The Balaban J connectivity index is 1.45. The second-order valence-electron chi connectivity index (χ2n) is 9.25. The SMILES string of the molecule is CCOC(=O)[C@@H]1CCCN(C(=O)Nc2ccc(Nc3ncc(Cl)c(Nc4ccccc4NC(C)=O)n3)c(OC)c2)C1. The molecule has 0 radical (unpaired) electrons. The zero-order valence-corrected chi connectivity index (χ0v) is 23.7. The molecule has 1 atom stereocenters. The number of hydrogen-bond acceptors (Lipinski definition) is 9. The van der Waals surface area contributed by atoms with Crippen molar-refractivity contribution in [1.82, 2.24) is 14.9 Å². The molecule has 2 heterocycles. The number of aromatic nitrogens is 2. The Labute approximate surface area is 242 Å². The van der Waals surface area contributed by atoms with E-state index in [2.05, 4.69) is 31.2 Å². The molecule has 4 N–H and O–H groups in total. The van der Waals surface area contributed by atoms with Crippen LogP contribution in [0.3, 0.4) is 0 Å². The van der Waals surface area contributed by atoms with Crippen molar-refractivity contribution in [2.45, 2.75) is 26.7 Å². The summed E-state index contributed by atoms with van der Waals surface area (Å²) >= 11 is 6.34. The van der Waals surface area contributed by atoms with Gasteiger partial charge in [0.1, 0.15) is 10.8 Å². The van der Waals surface area contributed by atoms with Crippen LogP contribution in [0, 0.1) is 5.92 Å². The molecule has 0 saturated carbocycles. The maximum absolute atomic E-state index is 12.9. The summed E-state index contributed by atoms with van der Waals surface area (Å²) < 4.78 is 10.7. The molecule has 0 bridgehead atoms. The normalized spacial score (nSPS) is 14.5. The number of hydrogen-bond donors (Lipinski definition) is 4. The largest absolute Gasteiger partial charge is 0.494 e. The van der Waals surface area contributed by atoms with Crippen molar-refractivity contribution in [3.05, 3.63) is 53.7 Å². The zero-order chi connectivity index (χ0) is 29.4. The number of para-hydroxylation sites is 2. The number of halogens is 1. The molecule has 1 aromatic heterocycles. The number of nitrogens with one attached hydrogen (secondary N) is 4. The molecule has 1 aliphatic heterocycles. The monoisotopic (exact) mass is 581 g/mol. The molecule has 2 aromatic carbocycles. The van der Waals surface area contributed by atoms with Crippen molar-refractivity contribution >= 4 is 64.0 Å². The van der Waals surface area contributed by atoms with Gasteiger partial charge in [0, 0.05) is 31.8 Å². The third-order valence-electron chi connectivity index (χ3n) is 6.26. The van der Waals surface area contributed by atoms with Crippen molar-refractivity contribution in [2.24, 2.45) is 5.92 Å². The first kappa shape index (κ1) is 29.4.